The molecule has 0 aliphatic heterocycles. The molecule has 0 unspecified atom stereocenters. The maximum atomic E-state index is 12.6. The van der Waals surface area contributed by atoms with Crippen molar-refractivity contribution in [3.8, 4) is 5.75 Å². The molecule has 0 radical (unpaired) electrons. The summed E-state index contributed by atoms with van der Waals surface area (Å²) in [5, 5.41) is 8.59. The van der Waals surface area contributed by atoms with Crippen LogP contribution in [0, 0.1) is 6.92 Å². The van der Waals surface area contributed by atoms with Gasteiger partial charge in [0, 0.05) is 36.7 Å². The summed E-state index contributed by atoms with van der Waals surface area (Å²) >= 11 is 0. The normalized spacial score (nSPS) is 11.1. The molecule has 0 heterocycles. The highest BCUT2D eigenvalue weighted by molar-refractivity contribution is 7.89. The lowest BCUT2D eigenvalue weighted by molar-refractivity contribution is -0.114. The number of methoxy groups -OCH3 is 1. The van der Waals surface area contributed by atoms with E-state index >= 15 is 0 Å². The van der Waals surface area contributed by atoms with Crippen LogP contribution in [0.25, 0.3) is 0 Å². The van der Waals surface area contributed by atoms with Crippen LogP contribution in [0.5, 0.6) is 5.75 Å². The number of carbonyl (C=O) groups excluding carboxylic acids is 2. The lowest BCUT2D eigenvalue weighted by Gasteiger charge is -2.16. The number of carbonyl (C=O) groups is 2. The van der Waals surface area contributed by atoms with Gasteiger partial charge in [-0.1, -0.05) is 24.3 Å². The number of ether oxygens (including phenoxy) is 1. The minimum absolute atomic E-state index is 0.0477. The Morgan fingerprint density at radius 1 is 0.914 bits per heavy atom. The highest BCUT2D eigenvalue weighted by atomic mass is 32.2. The van der Waals surface area contributed by atoms with E-state index in [4.69, 9.17) is 4.74 Å². The molecule has 3 rings (SSSR count). The number of nitrogens with zero attached hydrogens (tertiary/aromatic N) is 1. The van der Waals surface area contributed by atoms with Crippen molar-refractivity contribution in [2.75, 3.05) is 43.7 Å². The molecule has 10 heteroatoms. The van der Waals surface area contributed by atoms with Gasteiger partial charge in [-0.2, -0.15) is 0 Å². The molecule has 0 atom stereocenters. The Bertz CT molecular complexity index is 1320. The third-order valence-corrected chi connectivity index (χ3v) is 7.01. The Morgan fingerprint density at radius 3 is 2.23 bits per heavy atom. The minimum atomic E-state index is -3.77. The van der Waals surface area contributed by atoms with Crippen LogP contribution in [0.15, 0.2) is 71.6 Å². The van der Waals surface area contributed by atoms with Crippen molar-refractivity contribution in [1.29, 1.82) is 0 Å². The van der Waals surface area contributed by atoms with E-state index < -0.39 is 10.0 Å². The molecule has 184 valence electrons. The molecule has 0 aliphatic carbocycles. The molecular formula is C25H28N4O5S. The first-order chi connectivity index (χ1) is 16.6. The summed E-state index contributed by atoms with van der Waals surface area (Å²) in [5.41, 5.74) is 3.01. The number of sulfonamides is 1. The summed E-state index contributed by atoms with van der Waals surface area (Å²) in [6.07, 6.45) is 0. The fourth-order valence-corrected chi connectivity index (χ4v) is 4.29. The van der Waals surface area contributed by atoms with Gasteiger partial charge in [0.1, 0.15) is 10.6 Å². The number of benzene rings is 3. The van der Waals surface area contributed by atoms with E-state index in [1.54, 1.807) is 42.5 Å². The molecule has 35 heavy (non-hydrogen) atoms. The number of rotatable bonds is 9. The lowest BCUT2D eigenvalue weighted by atomic mass is 10.1. The molecule has 3 aromatic carbocycles. The van der Waals surface area contributed by atoms with Gasteiger partial charge in [0.2, 0.25) is 15.9 Å². The molecule has 3 aromatic rings. The second kappa shape index (κ2) is 11.0. The number of hydrogen-bond donors (Lipinski definition) is 3. The fraction of sp³-hybridized carbons (Fsp3) is 0.200. The van der Waals surface area contributed by atoms with Gasteiger partial charge in [-0.3, -0.25) is 9.59 Å². The molecule has 9 nitrogen and oxygen atoms in total. The fourth-order valence-electron chi connectivity index (χ4n) is 3.22. The van der Waals surface area contributed by atoms with Gasteiger partial charge in [0.15, 0.2) is 0 Å². The number of nitrogens with one attached hydrogen (secondary N) is 3. The Hall–Kier alpha value is -3.89. The molecule has 0 aromatic heterocycles. The van der Waals surface area contributed by atoms with Crippen molar-refractivity contribution in [1.82, 2.24) is 4.31 Å². The molecule has 3 N–H and O–H groups in total. The molecule has 0 saturated heterocycles. The van der Waals surface area contributed by atoms with Crippen LogP contribution in [-0.4, -0.2) is 52.3 Å². The minimum Gasteiger partial charge on any atom is -0.495 e. The molecule has 0 aliphatic rings. The highest BCUT2D eigenvalue weighted by Gasteiger charge is 2.23. The van der Waals surface area contributed by atoms with Gasteiger partial charge < -0.3 is 20.7 Å². The standard InChI is InChI=1S/C25H28N4O5S/c1-17-10-11-19(28-25(31)18-8-6-5-7-9-18)14-21(17)26-16-24(30)27-20-12-13-22(34-4)23(15-20)35(32,33)29(2)3/h5-15,26H,16H2,1-4H3,(H,27,30)(H,28,31). The van der Waals surface area contributed by atoms with E-state index in [1.807, 2.05) is 19.1 Å². The molecule has 0 fully saturated rings. The van der Waals surface area contributed by atoms with Crippen LogP contribution >= 0.6 is 0 Å². The van der Waals surface area contributed by atoms with Crippen LogP contribution < -0.4 is 20.7 Å². The van der Waals surface area contributed by atoms with E-state index in [0.29, 0.717) is 22.6 Å². The second-order valence-corrected chi connectivity index (χ2v) is 10.0. The van der Waals surface area contributed by atoms with Crippen molar-refractivity contribution in [3.05, 3.63) is 77.9 Å². The van der Waals surface area contributed by atoms with Gasteiger partial charge in [-0.15, -0.1) is 0 Å². The molecule has 2 amide bonds. The average Bonchev–Trinajstić information content (AvgIpc) is 2.84. The topological polar surface area (TPSA) is 117 Å². The SMILES string of the molecule is COc1ccc(NC(=O)CNc2cc(NC(=O)c3ccccc3)ccc2C)cc1S(=O)(=O)N(C)C. The number of amides is 2. The third kappa shape index (κ3) is 6.37. The summed E-state index contributed by atoms with van der Waals surface area (Å²) in [6, 6.07) is 18.6. The van der Waals surface area contributed by atoms with E-state index in [0.717, 1.165) is 9.87 Å². The van der Waals surface area contributed by atoms with Crippen molar-refractivity contribution in [3.63, 3.8) is 0 Å². The maximum Gasteiger partial charge on any atom is 0.255 e. The number of aryl methyl sites for hydroxylation is 1. The van der Waals surface area contributed by atoms with Crippen LogP contribution in [0.1, 0.15) is 15.9 Å². The number of anilines is 3. The van der Waals surface area contributed by atoms with E-state index in [9.17, 15) is 18.0 Å². The Labute approximate surface area is 205 Å². The van der Waals surface area contributed by atoms with E-state index in [-0.39, 0.29) is 29.0 Å². The quantitative estimate of drug-likeness (QED) is 0.417. The first-order valence-electron chi connectivity index (χ1n) is 10.7. The van der Waals surface area contributed by atoms with Crippen molar-refractivity contribution in [2.24, 2.45) is 0 Å². The molecule has 0 spiro atoms. The maximum absolute atomic E-state index is 12.6. The van der Waals surface area contributed by atoms with Gasteiger partial charge in [-0.05, 0) is 55.0 Å². The zero-order valence-corrected chi connectivity index (χ0v) is 20.8. The van der Waals surface area contributed by atoms with Crippen LogP contribution in [0.3, 0.4) is 0 Å². The van der Waals surface area contributed by atoms with Crippen molar-refractivity contribution < 1.29 is 22.7 Å². The predicted octanol–water partition coefficient (Wildman–Crippen LogP) is 3.56. The summed E-state index contributed by atoms with van der Waals surface area (Å²) in [7, 11) is 0.452. The smallest absolute Gasteiger partial charge is 0.255 e. The number of hydrogen-bond acceptors (Lipinski definition) is 6. The monoisotopic (exact) mass is 496 g/mol. The molecule has 0 saturated carbocycles. The first-order valence-corrected chi connectivity index (χ1v) is 12.2. The zero-order chi connectivity index (χ0) is 25.6. The van der Waals surface area contributed by atoms with Gasteiger partial charge in [0.05, 0.1) is 13.7 Å². The molecular weight excluding hydrogens is 468 g/mol. The van der Waals surface area contributed by atoms with Gasteiger partial charge >= 0.3 is 0 Å². The van der Waals surface area contributed by atoms with Crippen molar-refractivity contribution >= 4 is 38.9 Å². The molecule has 0 bridgehead atoms. The zero-order valence-electron chi connectivity index (χ0n) is 20.0. The third-order valence-electron chi connectivity index (χ3n) is 5.18. The summed E-state index contributed by atoms with van der Waals surface area (Å²) in [4.78, 5) is 24.9. The largest absolute Gasteiger partial charge is 0.495 e. The van der Waals surface area contributed by atoms with Crippen LogP contribution in [0.2, 0.25) is 0 Å². The predicted molar refractivity (Wildman–Crippen MR) is 137 cm³/mol. The van der Waals surface area contributed by atoms with Crippen molar-refractivity contribution in [2.45, 2.75) is 11.8 Å². The van der Waals surface area contributed by atoms with Gasteiger partial charge in [0.25, 0.3) is 5.91 Å². The Balaban J connectivity index is 1.68. The first kappa shape index (κ1) is 25.7. The van der Waals surface area contributed by atoms with E-state index in [2.05, 4.69) is 16.0 Å². The average molecular weight is 497 g/mol. The van der Waals surface area contributed by atoms with Gasteiger partial charge in [-0.25, -0.2) is 12.7 Å². The summed E-state index contributed by atoms with van der Waals surface area (Å²) in [6.45, 7) is 1.81. The Morgan fingerprint density at radius 2 is 1.57 bits per heavy atom. The van der Waals surface area contributed by atoms with E-state index in [1.165, 1.54) is 33.3 Å². The van der Waals surface area contributed by atoms with Crippen LogP contribution in [-0.2, 0) is 14.8 Å². The Kier molecular flexibility index (Phi) is 8.10. The lowest BCUT2D eigenvalue weighted by Crippen LogP contribution is -2.24. The highest BCUT2D eigenvalue weighted by Crippen LogP contribution is 2.29. The summed E-state index contributed by atoms with van der Waals surface area (Å²) < 4.78 is 31.4. The summed E-state index contributed by atoms with van der Waals surface area (Å²) in [5.74, 6) is -0.428. The van der Waals surface area contributed by atoms with Crippen LogP contribution in [0.4, 0.5) is 17.1 Å². The second-order valence-electron chi connectivity index (χ2n) is 7.90.